The van der Waals surface area contributed by atoms with Gasteiger partial charge in [0.15, 0.2) is 0 Å². The molecule has 0 fully saturated rings. The van der Waals surface area contributed by atoms with Crippen LogP contribution in [0.5, 0.6) is 0 Å². The normalized spacial score (nSPS) is 10.5. The molecular formula is C12H19BrN4O2. The van der Waals surface area contributed by atoms with E-state index in [-0.39, 0.29) is 17.2 Å². The Bertz CT molecular complexity index is 589. The molecular weight excluding hydrogens is 312 g/mol. The lowest BCUT2D eigenvalue weighted by Crippen LogP contribution is -2.40. The number of halogens is 1. The second kappa shape index (κ2) is 6.60. The molecule has 0 amide bonds. The first-order valence-corrected chi connectivity index (χ1v) is 6.85. The van der Waals surface area contributed by atoms with Crippen LogP contribution < -0.4 is 22.3 Å². The monoisotopic (exact) mass is 330 g/mol. The molecule has 0 spiro atoms. The summed E-state index contributed by atoms with van der Waals surface area (Å²) in [5.41, 5.74) is 5.34. The highest BCUT2D eigenvalue weighted by atomic mass is 79.9. The quantitative estimate of drug-likeness (QED) is 0.822. The summed E-state index contributed by atoms with van der Waals surface area (Å²) in [6.07, 6.45) is 1.77. The van der Waals surface area contributed by atoms with Gasteiger partial charge in [-0.15, -0.1) is 0 Å². The smallest absolute Gasteiger partial charge is 0.332 e. The van der Waals surface area contributed by atoms with Crippen molar-refractivity contribution in [3.05, 3.63) is 31.9 Å². The van der Waals surface area contributed by atoms with Gasteiger partial charge in [0.1, 0.15) is 11.5 Å². The topological polar surface area (TPSA) is 82.0 Å². The summed E-state index contributed by atoms with van der Waals surface area (Å²) in [5, 5.41) is 2.90. The molecule has 0 unspecified atom stereocenters. The molecule has 6 nitrogen and oxygen atoms in total. The minimum atomic E-state index is -0.427. The molecule has 0 aliphatic heterocycles. The maximum absolute atomic E-state index is 12.0. The molecule has 3 N–H and O–H groups in total. The third-order valence-corrected chi connectivity index (χ3v) is 3.06. The highest BCUT2D eigenvalue weighted by Crippen LogP contribution is 2.13. The average Bonchev–Trinajstić information content (AvgIpc) is 2.36. The lowest BCUT2D eigenvalue weighted by Gasteiger charge is -2.15. The van der Waals surface area contributed by atoms with Gasteiger partial charge in [0.2, 0.25) is 0 Å². The Morgan fingerprint density at radius 3 is 2.63 bits per heavy atom. The number of rotatable bonds is 6. The lowest BCUT2D eigenvalue weighted by molar-refractivity contribution is 0.575. The predicted molar refractivity (Wildman–Crippen MR) is 81.8 cm³/mol. The van der Waals surface area contributed by atoms with E-state index >= 15 is 0 Å². The summed E-state index contributed by atoms with van der Waals surface area (Å²) < 4.78 is 3.18. The first-order valence-electron chi connectivity index (χ1n) is 6.06. The van der Waals surface area contributed by atoms with E-state index in [1.54, 1.807) is 0 Å². The molecule has 7 heteroatoms. The number of nitrogen functional groups attached to an aromatic ring is 1. The Labute approximate surface area is 120 Å². The summed E-state index contributed by atoms with van der Waals surface area (Å²) in [7, 11) is 1.45. The molecule has 0 saturated carbocycles. The molecule has 0 saturated heterocycles. The van der Waals surface area contributed by atoms with Gasteiger partial charge in [-0.25, -0.2) is 4.79 Å². The number of anilines is 2. The van der Waals surface area contributed by atoms with Gasteiger partial charge in [0.25, 0.3) is 5.56 Å². The lowest BCUT2D eigenvalue weighted by atomic mass is 10.3. The maximum Gasteiger partial charge on any atom is 0.332 e. The van der Waals surface area contributed by atoms with Gasteiger partial charge in [-0.2, -0.15) is 0 Å². The summed E-state index contributed by atoms with van der Waals surface area (Å²) in [6, 6.07) is 0. The van der Waals surface area contributed by atoms with E-state index in [1.165, 1.54) is 11.6 Å². The summed E-state index contributed by atoms with van der Waals surface area (Å²) in [6.45, 7) is 6.57. The molecule has 0 aromatic carbocycles. The summed E-state index contributed by atoms with van der Waals surface area (Å²) in [5.74, 6) is 0.176. The minimum absolute atomic E-state index is 0.176. The molecule has 19 heavy (non-hydrogen) atoms. The van der Waals surface area contributed by atoms with Crippen LogP contribution in [0.2, 0.25) is 0 Å². The van der Waals surface area contributed by atoms with Crippen molar-refractivity contribution in [2.24, 2.45) is 7.05 Å². The molecule has 0 bridgehead atoms. The highest BCUT2D eigenvalue weighted by Gasteiger charge is 2.14. The van der Waals surface area contributed by atoms with Gasteiger partial charge in [0, 0.05) is 24.6 Å². The van der Waals surface area contributed by atoms with E-state index in [4.69, 9.17) is 5.73 Å². The van der Waals surface area contributed by atoms with Crippen molar-refractivity contribution >= 4 is 27.4 Å². The standard InChI is InChI=1S/C12H19BrN4O2/c1-4-5-6-17-10(14)9(15-7-8(2)13)11(18)16(3)12(17)19/h15H,2,4-7,14H2,1,3H3. The van der Waals surface area contributed by atoms with E-state index in [2.05, 4.69) is 27.8 Å². The second-order valence-corrected chi connectivity index (χ2v) is 5.40. The number of unbranched alkanes of at least 4 members (excludes halogenated alkanes) is 1. The van der Waals surface area contributed by atoms with Gasteiger partial charge < -0.3 is 11.1 Å². The third kappa shape index (κ3) is 3.50. The molecule has 1 heterocycles. The van der Waals surface area contributed by atoms with Crippen LogP contribution in [0.4, 0.5) is 11.5 Å². The fourth-order valence-corrected chi connectivity index (χ4v) is 1.81. The Kier molecular flexibility index (Phi) is 5.41. The Balaban J connectivity index is 3.30. The number of hydrogen-bond acceptors (Lipinski definition) is 4. The van der Waals surface area contributed by atoms with Crippen LogP contribution >= 0.6 is 15.9 Å². The Morgan fingerprint density at radius 1 is 1.47 bits per heavy atom. The number of nitrogens with one attached hydrogen (secondary N) is 1. The van der Waals surface area contributed by atoms with E-state index < -0.39 is 5.56 Å². The molecule has 1 aromatic heterocycles. The number of nitrogens with two attached hydrogens (primary N) is 1. The fraction of sp³-hybridized carbons (Fsp3) is 0.500. The molecule has 106 valence electrons. The van der Waals surface area contributed by atoms with E-state index in [0.717, 1.165) is 17.4 Å². The van der Waals surface area contributed by atoms with Crippen LogP contribution in [-0.2, 0) is 13.6 Å². The molecule has 0 radical (unpaired) electrons. The van der Waals surface area contributed by atoms with Crippen molar-refractivity contribution in [2.75, 3.05) is 17.6 Å². The number of aromatic nitrogens is 2. The minimum Gasteiger partial charge on any atom is -0.383 e. The Morgan fingerprint density at radius 2 is 2.11 bits per heavy atom. The summed E-state index contributed by atoms with van der Waals surface area (Å²) in [4.78, 5) is 24.0. The van der Waals surface area contributed by atoms with Crippen LogP contribution in [-0.4, -0.2) is 15.7 Å². The third-order valence-electron chi connectivity index (χ3n) is 2.78. The Hall–Kier alpha value is -1.50. The van der Waals surface area contributed by atoms with Crippen molar-refractivity contribution in [2.45, 2.75) is 26.3 Å². The summed E-state index contributed by atoms with van der Waals surface area (Å²) >= 11 is 3.20. The zero-order chi connectivity index (χ0) is 14.6. The first-order chi connectivity index (χ1) is 8.90. The first kappa shape index (κ1) is 15.6. The largest absolute Gasteiger partial charge is 0.383 e. The van der Waals surface area contributed by atoms with Crippen molar-refractivity contribution in [3.8, 4) is 0 Å². The average molecular weight is 331 g/mol. The van der Waals surface area contributed by atoms with Crippen LogP contribution in [0.3, 0.4) is 0 Å². The van der Waals surface area contributed by atoms with E-state index in [9.17, 15) is 9.59 Å². The number of nitrogens with zero attached hydrogens (tertiary/aromatic N) is 2. The van der Waals surface area contributed by atoms with Crippen LogP contribution in [0.1, 0.15) is 19.8 Å². The zero-order valence-corrected chi connectivity index (χ0v) is 12.8. The zero-order valence-electron chi connectivity index (χ0n) is 11.2. The van der Waals surface area contributed by atoms with Crippen LogP contribution in [0, 0.1) is 0 Å². The van der Waals surface area contributed by atoms with Gasteiger partial charge in [-0.1, -0.05) is 35.9 Å². The molecule has 1 rings (SSSR count). The van der Waals surface area contributed by atoms with Crippen molar-refractivity contribution in [3.63, 3.8) is 0 Å². The second-order valence-electron chi connectivity index (χ2n) is 4.28. The number of hydrogen-bond donors (Lipinski definition) is 2. The highest BCUT2D eigenvalue weighted by molar-refractivity contribution is 9.11. The van der Waals surface area contributed by atoms with E-state index in [1.807, 2.05) is 6.92 Å². The van der Waals surface area contributed by atoms with E-state index in [0.29, 0.717) is 17.6 Å². The SMILES string of the molecule is C=C(Br)CNc1c(N)n(CCCC)c(=O)n(C)c1=O. The predicted octanol–water partition coefficient (Wildman–Crippen LogP) is 1.25. The van der Waals surface area contributed by atoms with Gasteiger partial charge in [-0.05, 0) is 6.42 Å². The molecule has 1 aromatic rings. The molecule has 0 atom stereocenters. The van der Waals surface area contributed by atoms with Crippen molar-refractivity contribution in [1.29, 1.82) is 0 Å². The fourth-order valence-electron chi connectivity index (χ4n) is 1.67. The van der Waals surface area contributed by atoms with Gasteiger partial charge in [-0.3, -0.25) is 13.9 Å². The van der Waals surface area contributed by atoms with Gasteiger partial charge >= 0.3 is 5.69 Å². The maximum atomic E-state index is 12.0. The van der Waals surface area contributed by atoms with Crippen molar-refractivity contribution in [1.82, 2.24) is 9.13 Å². The molecule has 0 aliphatic carbocycles. The van der Waals surface area contributed by atoms with Crippen LogP contribution in [0.25, 0.3) is 0 Å². The van der Waals surface area contributed by atoms with Crippen LogP contribution in [0.15, 0.2) is 20.7 Å². The van der Waals surface area contributed by atoms with Gasteiger partial charge in [0.05, 0.1) is 0 Å². The molecule has 0 aliphatic rings. The van der Waals surface area contributed by atoms with Crippen molar-refractivity contribution < 1.29 is 0 Å².